The number of benzene rings is 1. The van der Waals surface area contributed by atoms with E-state index >= 15 is 0 Å². The van der Waals surface area contributed by atoms with Crippen LogP contribution in [0.3, 0.4) is 0 Å². The number of nitrogens with zero attached hydrogens (tertiary/aromatic N) is 2. The second kappa shape index (κ2) is 8.52. The van der Waals surface area contributed by atoms with E-state index in [1.165, 1.54) is 17.7 Å². The normalized spacial score (nSPS) is 12.1. The van der Waals surface area contributed by atoms with Crippen LogP contribution in [0, 0.1) is 25.6 Å². The molecule has 1 aromatic carbocycles. The first-order valence-corrected chi connectivity index (χ1v) is 8.98. The molecule has 0 bridgehead atoms. The monoisotopic (exact) mass is 395 g/mol. The Balaban J connectivity index is 2.07. The lowest BCUT2D eigenvalue weighted by molar-refractivity contribution is -0.123. The van der Waals surface area contributed by atoms with Crippen LogP contribution in [0.2, 0.25) is 5.15 Å². The number of anilines is 1. The summed E-state index contributed by atoms with van der Waals surface area (Å²) in [5, 5.41) is 6.95. The van der Waals surface area contributed by atoms with Gasteiger partial charge in [0.2, 0.25) is 0 Å². The smallest absolute Gasteiger partial charge is 0.343 e. The number of aryl methyl sites for hydroxylation is 2. The fourth-order valence-electron chi connectivity index (χ4n) is 2.44. The zero-order valence-corrected chi connectivity index (χ0v) is 16.7. The van der Waals surface area contributed by atoms with Crippen molar-refractivity contribution in [3.8, 4) is 0 Å². The minimum atomic E-state index is -1.09. The molecule has 1 N–H and O–H groups in total. The van der Waals surface area contributed by atoms with Gasteiger partial charge in [-0.25, -0.2) is 9.18 Å². The van der Waals surface area contributed by atoms with Gasteiger partial charge >= 0.3 is 5.97 Å². The molecule has 0 saturated carbocycles. The van der Waals surface area contributed by atoms with Crippen LogP contribution in [0.1, 0.15) is 42.4 Å². The van der Waals surface area contributed by atoms with E-state index in [0.29, 0.717) is 23.7 Å². The highest BCUT2D eigenvalue weighted by atomic mass is 35.5. The maximum Gasteiger partial charge on any atom is 0.343 e. The molecule has 27 heavy (non-hydrogen) atoms. The molecule has 146 valence electrons. The molecule has 1 aromatic heterocycles. The van der Waals surface area contributed by atoms with E-state index in [9.17, 15) is 14.0 Å². The van der Waals surface area contributed by atoms with Crippen molar-refractivity contribution < 1.29 is 18.7 Å². The average Bonchev–Trinajstić information content (AvgIpc) is 2.84. The van der Waals surface area contributed by atoms with Gasteiger partial charge in [0, 0.05) is 12.2 Å². The van der Waals surface area contributed by atoms with Crippen molar-refractivity contribution >= 4 is 29.2 Å². The largest absolute Gasteiger partial charge is 0.449 e. The minimum absolute atomic E-state index is 0.137. The number of rotatable bonds is 6. The van der Waals surface area contributed by atoms with Crippen molar-refractivity contribution in [2.24, 2.45) is 5.92 Å². The number of esters is 1. The molecule has 6 nitrogen and oxygen atoms in total. The van der Waals surface area contributed by atoms with E-state index in [0.717, 1.165) is 0 Å². The number of aromatic nitrogens is 2. The van der Waals surface area contributed by atoms with Gasteiger partial charge in [-0.15, -0.1) is 0 Å². The summed E-state index contributed by atoms with van der Waals surface area (Å²) in [6.45, 7) is 9.27. The van der Waals surface area contributed by atoms with E-state index < -0.39 is 23.8 Å². The van der Waals surface area contributed by atoms with E-state index in [-0.39, 0.29) is 16.4 Å². The van der Waals surface area contributed by atoms with E-state index in [2.05, 4.69) is 10.4 Å². The molecule has 1 heterocycles. The van der Waals surface area contributed by atoms with Crippen LogP contribution in [-0.4, -0.2) is 27.8 Å². The maximum absolute atomic E-state index is 13.6. The summed E-state index contributed by atoms with van der Waals surface area (Å²) in [4.78, 5) is 24.7. The van der Waals surface area contributed by atoms with Crippen LogP contribution in [0.5, 0.6) is 0 Å². The Kier molecular flexibility index (Phi) is 6.59. The molecule has 1 atom stereocenters. The third-order valence-corrected chi connectivity index (χ3v) is 4.28. The topological polar surface area (TPSA) is 73.2 Å². The number of carbonyl (C=O) groups is 2. The zero-order valence-electron chi connectivity index (χ0n) is 16.0. The van der Waals surface area contributed by atoms with E-state index in [1.807, 2.05) is 13.8 Å². The summed E-state index contributed by atoms with van der Waals surface area (Å²) >= 11 is 6.25. The number of carbonyl (C=O) groups excluding carboxylic acids is 2. The Morgan fingerprint density at radius 2 is 1.96 bits per heavy atom. The van der Waals surface area contributed by atoms with Gasteiger partial charge in [-0.05, 0) is 44.4 Å². The molecule has 0 spiro atoms. The number of amides is 1. The second-order valence-electron chi connectivity index (χ2n) is 6.83. The summed E-state index contributed by atoms with van der Waals surface area (Å²) in [7, 11) is 0. The van der Waals surface area contributed by atoms with Crippen molar-refractivity contribution in [2.45, 2.75) is 47.3 Å². The number of hydrogen-bond donors (Lipinski definition) is 1. The lowest BCUT2D eigenvalue weighted by atomic mass is 10.2. The van der Waals surface area contributed by atoms with Gasteiger partial charge in [0.05, 0.1) is 5.69 Å². The van der Waals surface area contributed by atoms with Gasteiger partial charge in [0.1, 0.15) is 16.5 Å². The Morgan fingerprint density at radius 1 is 1.30 bits per heavy atom. The van der Waals surface area contributed by atoms with Crippen LogP contribution < -0.4 is 5.32 Å². The molecular formula is C19H23ClFN3O3. The first-order valence-electron chi connectivity index (χ1n) is 8.61. The first-order chi connectivity index (χ1) is 12.6. The van der Waals surface area contributed by atoms with Crippen LogP contribution in [0.15, 0.2) is 18.2 Å². The Hall–Kier alpha value is -2.41. The second-order valence-corrected chi connectivity index (χ2v) is 7.19. The highest BCUT2D eigenvalue weighted by Gasteiger charge is 2.26. The fraction of sp³-hybridized carbons (Fsp3) is 0.421. The molecule has 0 unspecified atom stereocenters. The predicted octanol–water partition coefficient (Wildman–Crippen LogP) is 4.13. The molecule has 1 amide bonds. The van der Waals surface area contributed by atoms with Gasteiger partial charge in [-0.2, -0.15) is 5.10 Å². The summed E-state index contributed by atoms with van der Waals surface area (Å²) in [6.07, 6.45) is -1.09. The Morgan fingerprint density at radius 3 is 2.56 bits per heavy atom. The maximum atomic E-state index is 13.6. The van der Waals surface area contributed by atoms with Gasteiger partial charge in [-0.1, -0.05) is 31.5 Å². The highest BCUT2D eigenvalue weighted by Crippen LogP contribution is 2.22. The van der Waals surface area contributed by atoms with Gasteiger partial charge in [-0.3, -0.25) is 9.48 Å². The lowest BCUT2D eigenvalue weighted by Crippen LogP contribution is -2.30. The van der Waals surface area contributed by atoms with Crippen LogP contribution in [0.25, 0.3) is 0 Å². The summed E-state index contributed by atoms with van der Waals surface area (Å²) in [5.41, 5.74) is 1.32. The average molecular weight is 396 g/mol. The van der Waals surface area contributed by atoms with Crippen molar-refractivity contribution in [3.63, 3.8) is 0 Å². The van der Waals surface area contributed by atoms with Crippen LogP contribution in [0.4, 0.5) is 10.1 Å². The van der Waals surface area contributed by atoms with E-state index in [1.54, 1.807) is 26.0 Å². The third kappa shape index (κ3) is 5.07. The number of halogens is 2. The summed E-state index contributed by atoms with van der Waals surface area (Å²) < 4.78 is 20.3. The molecule has 0 aliphatic rings. The first kappa shape index (κ1) is 20.9. The SMILES string of the molecule is Cc1ccc(NC(=O)[C@@H](C)OC(=O)c2c(C)nn(CC(C)C)c2Cl)cc1F. The van der Waals surface area contributed by atoms with Gasteiger partial charge in [0.25, 0.3) is 5.91 Å². The van der Waals surface area contributed by atoms with Gasteiger partial charge < -0.3 is 10.1 Å². The van der Waals surface area contributed by atoms with Crippen LogP contribution in [-0.2, 0) is 16.1 Å². The molecular weight excluding hydrogens is 373 g/mol. The van der Waals surface area contributed by atoms with Crippen molar-refractivity contribution in [1.29, 1.82) is 0 Å². The fourth-order valence-corrected chi connectivity index (χ4v) is 2.76. The lowest BCUT2D eigenvalue weighted by Gasteiger charge is -2.14. The molecule has 0 aliphatic heterocycles. The van der Waals surface area contributed by atoms with Gasteiger partial charge in [0.15, 0.2) is 6.10 Å². The van der Waals surface area contributed by atoms with E-state index in [4.69, 9.17) is 16.3 Å². The predicted molar refractivity (Wildman–Crippen MR) is 101 cm³/mol. The Bertz CT molecular complexity index is 864. The standard InChI is InChI=1S/C19H23ClFN3O3/c1-10(2)9-24-17(20)16(12(4)23-24)19(26)27-13(5)18(25)22-14-7-6-11(3)15(21)8-14/h6-8,10,13H,9H2,1-5H3,(H,22,25)/t13-/m1/s1. The third-order valence-electron chi connectivity index (χ3n) is 3.90. The quantitative estimate of drug-likeness (QED) is 0.746. The van der Waals surface area contributed by atoms with Crippen LogP contribution >= 0.6 is 11.6 Å². The zero-order chi connectivity index (χ0) is 20.3. The minimum Gasteiger partial charge on any atom is -0.449 e. The Labute approximate surface area is 162 Å². The molecule has 8 heteroatoms. The molecule has 0 saturated heterocycles. The highest BCUT2D eigenvalue weighted by molar-refractivity contribution is 6.32. The molecule has 0 aliphatic carbocycles. The summed E-state index contributed by atoms with van der Waals surface area (Å²) in [5.74, 6) is -1.44. The number of hydrogen-bond acceptors (Lipinski definition) is 4. The molecule has 0 fully saturated rings. The molecule has 2 rings (SSSR count). The van der Waals surface area contributed by atoms with Crippen molar-refractivity contribution in [1.82, 2.24) is 9.78 Å². The molecule has 0 radical (unpaired) electrons. The van der Waals surface area contributed by atoms with Crippen molar-refractivity contribution in [3.05, 3.63) is 46.0 Å². The molecule has 2 aromatic rings. The van der Waals surface area contributed by atoms with Crippen molar-refractivity contribution in [2.75, 3.05) is 5.32 Å². The summed E-state index contributed by atoms with van der Waals surface area (Å²) in [6, 6.07) is 4.33. The number of ether oxygens (including phenoxy) is 1. The number of nitrogens with one attached hydrogen (secondary N) is 1.